The number of benzene rings is 1. The molecule has 0 aromatic heterocycles. The monoisotopic (exact) mass is 254 g/mol. The number of hydrogen-bond donors (Lipinski definition) is 3. The average Bonchev–Trinajstić information content (AvgIpc) is 2.30. The largest absolute Gasteiger partial charge is 0.493 e. The van der Waals surface area contributed by atoms with E-state index in [9.17, 15) is 9.59 Å². The number of carbonyl (C=O) groups excluding carboxylic acids is 1. The SMILES string of the molecule is CCOc1ccccc1C(N)=O.C[C@H](N)C(=O)O. The first-order valence-electron chi connectivity index (χ1n) is 5.40. The van der Waals surface area contributed by atoms with Crippen LogP contribution in [0.3, 0.4) is 0 Å². The van der Waals surface area contributed by atoms with Crippen molar-refractivity contribution >= 4 is 11.9 Å². The third-order valence-electron chi connectivity index (χ3n) is 1.84. The van der Waals surface area contributed by atoms with Crippen molar-refractivity contribution in [3.8, 4) is 5.75 Å². The van der Waals surface area contributed by atoms with E-state index < -0.39 is 17.9 Å². The van der Waals surface area contributed by atoms with Crippen LogP contribution in [-0.4, -0.2) is 29.6 Å². The number of hydrogen-bond acceptors (Lipinski definition) is 4. The van der Waals surface area contributed by atoms with Crippen molar-refractivity contribution in [3.63, 3.8) is 0 Å². The van der Waals surface area contributed by atoms with Gasteiger partial charge in [0.15, 0.2) is 0 Å². The van der Waals surface area contributed by atoms with Gasteiger partial charge in [-0.3, -0.25) is 9.59 Å². The summed E-state index contributed by atoms with van der Waals surface area (Å²) in [5.41, 5.74) is 10.4. The minimum atomic E-state index is -0.963. The molecule has 0 heterocycles. The summed E-state index contributed by atoms with van der Waals surface area (Å²) in [5, 5.41) is 7.87. The Morgan fingerprint density at radius 3 is 2.28 bits per heavy atom. The Labute approximate surface area is 106 Å². The molecule has 0 bridgehead atoms. The Balaban J connectivity index is 0.000000411. The van der Waals surface area contributed by atoms with Gasteiger partial charge in [0, 0.05) is 0 Å². The molecule has 5 N–H and O–H groups in total. The first kappa shape index (κ1) is 15.9. The topological polar surface area (TPSA) is 116 Å². The lowest BCUT2D eigenvalue weighted by Crippen LogP contribution is -2.25. The smallest absolute Gasteiger partial charge is 0.320 e. The first-order chi connectivity index (χ1) is 8.40. The summed E-state index contributed by atoms with van der Waals surface area (Å²) in [7, 11) is 0. The summed E-state index contributed by atoms with van der Waals surface area (Å²) in [6, 6.07) is 6.20. The van der Waals surface area contributed by atoms with Gasteiger partial charge >= 0.3 is 5.97 Å². The molecule has 1 aromatic rings. The minimum absolute atomic E-state index is 0.430. The summed E-state index contributed by atoms with van der Waals surface area (Å²) in [5.74, 6) is -0.874. The summed E-state index contributed by atoms with van der Waals surface area (Å²) in [6.07, 6.45) is 0. The van der Waals surface area contributed by atoms with Crippen molar-refractivity contribution in [1.29, 1.82) is 0 Å². The van der Waals surface area contributed by atoms with Crippen LogP contribution in [0.15, 0.2) is 24.3 Å². The molecule has 1 amide bonds. The predicted molar refractivity (Wildman–Crippen MR) is 67.4 cm³/mol. The van der Waals surface area contributed by atoms with E-state index in [1.54, 1.807) is 24.3 Å². The quantitative estimate of drug-likeness (QED) is 0.727. The minimum Gasteiger partial charge on any atom is -0.493 e. The summed E-state index contributed by atoms with van der Waals surface area (Å²) in [6.45, 7) is 3.81. The number of aliphatic carboxylic acids is 1. The Kier molecular flexibility index (Phi) is 7.14. The zero-order valence-corrected chi connectivity index (χ0v) is 10.4. The number of rotatable bonds is 4. The molecule has 0 aliphatic rings. The zero-order chi connectivity index (χ0) is 14.1. The van der Waals surface area contributed by atoms with Crippen LogP contribution in [0.5, 0.6) is 5.75 Å². The Bertz CT molecular complexity index is 405. The summed E-state index contributed by atoms with van der Waals surface area (Å²) >= 11 is 0. The molecule has 6 nitrogen and oxygen atoms in total. The van der Waals surface area contributed by atoms with Gasteiger partial charge < -0.3 is 21.3 Å². The molecule has 0 spiro atoms. The van der Waals surface area contributed by atoms with E-state index in [1.165, 1.54) is 6.92 Å². The Morgan fingerprint density at radius 2 is 1.89 bits per heavy atom. The molecule has 0 radical (unpaired) electrons. The van der Waals surface area contributed by atoms with Gasteiger partial charge in [0.05, 0.1) is 12.2 Å². The van der Waals surface area contributed by atoms with E-state index in [1.807, 2.05) is 6.92 Å². The fourth-order valence-corrected chi connectivity index (χ4v) is 0.952. The fraction of sp³-hybridized carbons (Fsp3) is 0.333. The molecule has 0 aliphatic heterocycles. The van der Waals surface area contributed by atoms with Crippen molar-refractivity contribution in [2.75, 3.05) is 6.61 Å². The standard InChI is InChI=1S/C9H11NO2.C3H7NO2/c1-2-12-8-6-4-3-5-7(8)9(10)11;1-2(4)3(5)6/h3-6H,2H2,1H3,(H2,10,11);2H,4H2,1H3,(H,5,6)/t;2-/m.0/s1. The van der Waals surface area contributed by atoms with Gasteiger partial charge in [0.25, 0.3) is 5.91 Å². The number of primary amides is 1. The highest BCUT2D eigenvalue weighted by Gasteiger charge is 2.06. The molecule has 1 aromatic carbocycles. The van der Waals surface area contributed by atoms with Crippen molar-refractivity contribution in [1.82, 2.24) is 0 Å². The highest BCUT2D eigenvalue weighted by Crippen LogP contribution is 2.16. The molecule has 1 rings (SSSR count). The number of amides is 1. The van der Waals surface area contributed by atoms with Crippen LogP contribution in [-0.2, 0) is 4.79 Å². The molecule has 0 saturated heterocycles. The lowest BCUT2D eigenvalue weighted by molar-refractivity contribution is -0.138. The van der Waals surface area contributed by atoms with E-state index >= 15 is 0 Å². The number of carboxylic acid groups (broad SMARTS) is 1. The van der Waals surface area contributed by atoms with Gasteiger partial charge in [-0.05, 0) is 26.0 Å². The Morgan fingerprint density at radius 1 is 1.39 bits per heavy atom. The second-order valence-electron chi connectivity index (χ2n) is 3.42. The predicted octanol–water partition coefficient (Wildman–Crippen LogP) is 0.602. The van der Waals surface area contributed by atoms with Crippen molar-refractivity contribution in [2.45, 2.75) is 19.9 Å². The fourth-order valence-electron chi connectivity index (χ4n) is 0.952. The summed E-state index contributed by atoms with van der Waals surface area (Å²) in [4.78, 5) is 20.4. The average molecular weight is 254 g/mol. The molecule has 6 heteroatoms. The van der Waals surface area contributed by atoms with Gasteiger partial charge in [-0.2, -0.15) is 0 Å². The second-order valence-corrected chi connectivity index (χ2v) is 3.42. The number of ether oxygens (including phenoxy) is 1. The van der Waals surface area contributed by atoms with Crippen LogP contribution < -0.4 is 16.2 Å². The van der Waals surface area contributed by atoms with Crippen LogP contribution in [0.1, 0.15) is 24.2 Å². The molecule has 1 atom stereocenters. The molecule has 0 unspecified atom stereocenters. The molecular formula is C12H18N2O4. The lowest BCUT2D eigenvalue weighted by Gasteiger charge is -2.05. The van der Waals surface area contributed by atoms with Crippen molar-refractivity contribution in [3.05, 3.63) is 29.8 Å². The number of carbonyl (C=O) groups is 2. The van der Waals surface area contributed by atoms with Crippen LogP contribution >= 0.6 is 0 Å². The van der Waals surface area contributed by atoms with Crippen LogP contribution in [0.2, 0.25) is 0 Å². The van der Waals surface area contributed by atoms with Gasteiger partial charge in [0.1, 0.15) is 11.8 Å². The number of nitrogens with two attached hydrogens (primary N) is 2. The maximum atomic E-state index is 10.8. The van der Waals surface area contributed by atoms with E-state index in [0.29, 0.717) is 17.9 Å². The van der Waals surface area contributed by atoms with E-state index in [2.05, 4.69) is 0 Å². The van der Waals surface area contributed by atoms with Crippen molar-refractivity contribution < 1.29 is 19.4 Å². The number of para-hydroxylation sites is 1. The van der Waals surface area contributed by atoms with Crippen LogP contribution in [0.25, 0.3) is 0 Å². The molecule has 100 valence electrons. The van der Waals surface area contributed by atoms with E-state index in [0.717, 1.165) is 0 Å². The molecule has 18 heavy (non-hydrogen) atoms. The normalized spacial score (nSPS) is 10.8. The zero-order valence-electron chi connectivity index (χ0n) is 10.4. The third kappa shape index (κ3) is 5.86. The van der Waals surface area contributed by atoms with Gasteiger partial charge in [-0.1, -0.05) is 12.1 Å². The first-order valence-corrected chi connectivity index (χ1v) is 5.40. The highest BCUT2D eigenvalue weighted by atomic mass is 16.5. The maximum Gasteiger partial charge on any atom is 0.320 e. The van der Waals surface area contributed by atoms with Gasteiger partial charge in [-0.15, -0.1) is 0 Å². The van der Waals surface area contributed by atoms with E-state index in [-0.39, 0.29) is 0 Å². The van der Waals surface area contributed by atoms with E-state index in [4.69, 9.17) is 21.3 Å². The van der Waals surface area contributed by atoms with Crippen LogP contribution in [0, 0.1) is 0 Å². The molecule has 0 fully saturated rings. The molecule has 0 aliphatic carbocycles. The lowest BCUT2D eigenvalue weighted by atomic mass is 10.2. The van der Waals surface area contributed by atoms with Crippen molar-refractivity contribution in [2.24, 2.45) is 11.5 Å². The Hall–Kier alpha value is -2.08. The van der Waals surface area contributed by atoms with Gasteiger partial charge in [-0.25, -0.2) is 0 Å². The highest BCUT2D eigenvalue weighted by molar-refractivity contribution is 5.95. The molecular weight excluding hydrogens is 236 g/mol. The molecule has 0 saturated carbocycles. The third-order valence-corrected chi connectivity index (χ3v) is 1.84. The second kappa shape index (κ2) is 8.08. The number of carboxylic acids is 1. The summed E-state index contributed by atoms with van der Waals surface area (Å²) < 4.78 is 5.20. The maximum absolute atomic E-state index is 10.8. The van der Waals surface area contributed by atoms with Crippen LogP contribution in [0.4, 0.5) is 0 Å². The van der Waals surface area contributed by atoms with Gasteiger partial charge in [0.2, 0.25) is 0 Å².